The van der Waals surface area contributed by atoms with Crippen molar-refractivity contribution in [1.82, 2.24) is 14.7 Å². The third kappa shape index (κ3) is 6.16. The second kappa shape index (κ2) is 10.6. The van der Waals surface area contributed by atoms with E-state index in [4.69, 9.17) is 18.9 Å². The minimum Gasteiger partial charge on any atom is -0.454 e. The van der Waals surface area contributed by atoms with Gasteiger partial charge >= 0.3 is 0 Å². The van der Waals surface area contributed by atoms with E-state index in [-0.39, 0.29) is 18.8 Å². The summed E-state index contributed by atoms with van der Waals surface area (Å²) in [6.07, 6.45) is 1.89. The first-order valence-corrected chi connectivity index (χ1v) is 12.1. The lowest BCUT2D eigenvalue weighted by Gasteiger charge is -2.37. The largest absolute Gasteiger partial charge is 0.454 e. The summed E-state index contributed by atoms with van der Waals surface area (Å²) >= 11 is 0. The topological polar surface area (TPSA) is 83.9 Å². The summed E-state index contributed by atoms with van der Waals surface area (Å²) in [7, 11) is 0. The van der Waals surface area contributed by atoms with Crippen molar-refractivity contribution >= 4 is 5.91 Å². The van der Waals surface area contributed by atoms with Crippen LogP contribution in [0.4, 0.5) is 0 Å². The van der Waals surface area contributed by atoms with Gasteiger partial charge in [0.1, 0.15) is 0 Å². The number of hydrogen-bond acceptors (Lipinski definition) is 8. The summed E-state index contributed by atoms with van der Waals surface area (Å²) < 4.78 is 22.3. The van der Waals surface area contributed by atoms with Crippen molar-refractivity contribution in [3.63, 3.8) is 0 Å². The molecule has 4 aliphatic rings. The molecule has 1 saturated carbocycles. The molecule has 2 atom stereocenters. The Labute approximate surface area is 195 Å². The lowest BCUT2D eigenvalue weighted by molar-refractivity contribution is -0.0557. The molecule has 2 saturated heterocycles. The van der Waals surface area contributed by atoms with Crippen LogP contribution in [0.15, 0.2) is 18.2 Å². The van der Waals surface area contributed by atoms with Crippen molar-refractivity contribution in [2.24, 2.45) is 5.92 Å². The Morgan fingerprint density at radius 3 is 2.61 bits per heavy atom. The van der Waals surface area contributed by atoms with Gasteiger partial charge in [-0.25, -0.2) is 0 Å². The SMILES string of the molecule is O=C(c1ccc2c(c1)OCO2)N(CC1CC1)C[C@H]1CN(C[C@H](O)CN2CCOCC2)CCO1. The number of hydrogen-bond donors (Lipinski definition) is 1. The normalized spacial score (nSPS) is 24.6. The first kappa shape index (κ1) is 22.9. The molecule has 0 aromatic heterocycles. The van der Waals surface area contributed by atoms with Gasteiger partial charge in [0, 0.05) is 57.9 Å². The van der Waals surface area contributed by atoms with E-state index in [2.05, 4.69) is 9.80 Å². The van der Waals surface area contributed by atoms with Crippen molar-refractivity contribution in [3.8, 4) is 11.5 Å². The fourth-order valence-corrected chi connectivity index (χ4v) is 4.80. The Hall–Kier alpha value is -1.91. The fraction of sp³-hybridized carbons (Fsp3) is 0.708. The van der Waals surface area contributed by atoms with Crippen LogP contribution >= 0.6 is 0 Å². The van der Waals surface area contributed by atoms with Crippen molar-refractivity contribution in [3.05, 3.63) is 23.8 Å². The highest BCUT2D eigenvalue weighted by molar-refractivity contribution is 5.95. The van der Waals surface area contributed by atoms with Crippen LogP contribution in [0.1, 0.15) is 23.2 Å². The number of morpholine rings is 2. The zero-order chi connectivity index (χ0) is 22.6. The second-order valence-electron chi connectivity index (χ2n) is 9.54. The predicted octanol–water partition coefficient (Wildman–Crippen LogP) is 0.661. The number of benzene rings is 1. The number of aliphatic hydroxyl groups excluding tert-OH is 1. The number of rotatable bonds is 9. The number of ether oxygens (including phenoxy) is 4. The molecule has 1 aliphatic carbocycles. The monoisotopic (exact) mass is 461 g/mol. The molecule has 9 heteroatoms. The maximum atomic E-state index is 13.4. The summed E-state index contributed by atoms with van der Waals surface area (Å²) in [5.74, 6) is 1.90. The molecule has 1 aromatic carbocycles. The standard InChI is InChI=1S/C24H35N3O6/c28-20(13-25-5-8-30-9-6-25)14-26-7-10-31-21(15-26)16-27(12-18-1-2-18)24(29)19-3-4-22-23(11-19)33-17-32-22/h3-4,11,18,20-21,28H,1-2,5-10,12-17H2/t20-,21-/m1/s1. The quantitative estimate of drug-likeness (QED) is 0.574. The van der Waals surface area contributed by atoms with Crippen LogP contribution in [-0.2, 0) is 9.47 Å². The third-order valence-corrected chi connectivity index (χ3v) is 6.77. The van der Waals surface area contributed by atoms with E-state index in [1.54, 1.807) is 12.1 Å². The Morgan fingerprint density at radius 1 is 1.03 bits per heavy atom. The lowest BCUT2D eigenvalue weighted by atomic mass is 10.1. The Balaban J connectivity index is 1.17. The summed E-state index contributed by atoms with van der Waals surface area (Å²) in [6, 6.07) is 5.39. The van der Waals surface area contributed by atoms with Gasteiger partial charge in [0.05, 0.1) is 32.0 Å². The molecule has 33 heavy (non-hydrogen) atoms. The summed E-state index contributed by atoms with van der Waals surface area (Å²) in [6.45, 7) is 8.16. The van der Waals surface area contributed by atoms with Gasteiger partial charge in [0.25, 0.3) is 5.91 Å². The van der Waals surface area contributed by atoms with Crippen LogP contribution in [-0.4, -0.2) is 117 Å². The summed E-state index contributed by atoms with van der Waals surface area (Å²) in [4.78, 5) is 19.8. The highest BCUT2D eigenvalue weighted by atomic mass is 16.7. The number of carbonyl (C=O) groups excluding carboxylic acids is 1. The molecule has 3 aliphatic heterocycles. The molecule has 1 aromatic rings. The van der Waals surface area contributed by atoms with E-state index < -0.39 is 6.10 Å². The van der Waals surface area contributed by atoms with Gasteiger partial charge in [-0.05, 0) is 37.0 Å². The first-order chi connectivity index (χ1) is 16.1. The van der Waals surface area contributed by atoms with Crippen LogP contribution < -0.4 is 9.47 Å². The highest BCUT2D eigenvalue weighted by Crippen LogP contribution is 2.34. The lowest BCUT2D eigenvalue weighted by Crippen LogP contribution is -2.52. The zero-order valence-electron chi connectivity index (χ0n) is 19.2. The van der Waals surface area contributed by atoms with Crippen LogP contribution in [0.2, 0.25) is 0 Å². The number of aliphatic hydroxyl groups is 1. The molecule has 3 fully saturated rings. The number of carbonyl (C=O) groups is 1. The van der Waals surface area contributed by atoms with E-state index in [0.717, 1.165) is 45.9 Å². The molecule has 1 amide bonds. The van der Waals surface area contributed by atoms with E-state index in [1.807, 2.05) is 11.0 Å². The maximum Gasteiger partial charge on any atom is 0.254 e. The Kier molecular flexibility index (Phi) is 7.32. The molecule has 3 heterocycles. The smallest absolute Gasteiger partial charge is 0.254 e. The molecule has 9 nitrogen and oxygen atoms in total. The molecule has 0 unspecified atom stereocenters. The van der Waals surface area contributed by atoms with E-state index in [9.17, 15) is 9.90 Å². The fourth-order valence-electron chi connectivity index (χ4n) is 4.80. The van der Waals surface area contributed by atoms with Gasteiger partial charge < -0.3 is 29.0 Å². The zero-order valence-corrected chi connectivity index (χ0v) is 19.2. The molecule has 0 bridgehead atoms. The molecular weight excluding hydrogens is 426 g/mol. The van der Waals surface area contributed by atoms with Crippen molar-refractivity contribution in [1.29, 1.82) is 0 Å². The van der Waals surface area contributed by atoms with Gasteiger partial charge in [-0.1, -0.05) is 0 Å². The average molecular weight is 462 g/mol. The van der Waals surface area contributed by atoms with Gasteiger partial charge in [-0.3, -0.25) is 14.6 Å². The van der Waals surface area contributed by atoms with Crippen LogP contribution in [0.5, 0.6) is 11.5 Å². The molecular formula is C24H35N3O6. The molecule has 5 rings (SSSR count). The number of amides is 1. The highest BCUT2D eigenvalue weighted by Gasteiger charge is 2.32. The van der Waals surface area contributed by atoms with Gasteiger partial charge in [0.15, 0.2) is 11.5 Å². The molecule has 182 valence electrons. The van der Waals surface area contributed by atoms with Gasteiger partial charge in [-0.2, -0.15) is 0 Å². The van der Waals surface area contributed by atoms with E-state index >= 15 is 0 Å². The summed E-state index contributed by atoms with van der Waals surface area (Å²) in [5, 5.41) is 10.6. The van der Waals surface area contributed by atoms with Crippen LogP contribution in [0, 0.1) is 5.92 Å². The van der Waals surface area contributed by atoms with E-state index in [0.29, 0.717) is 49.2 Å². The number of β-amino-alcohol motifs (C(OH)–C–C–N with tert-alkyl or cyclic N) is 1. The van der Waals surface area contributed by atoms with Crippen LogP contribution in [0.25, 0.3) is 0 Å². The summed E-state index contributed by atoms with van der Waals surface area (Å²) in [5.41, 5.74) is 0.619. The van der Waals surface area contributed by atoms with E-state index in [1.165, 1.54) is 12.8 Å². The average Bonchev–Trinajstić information content (AvgIpc) is 3.51. The van der Waals surface area contributed by atoms with Crippen LogP contribution in [0.3, 0.4) is 0 Å². The van der Waals surface area contributed by atoms with Crippen molar-refractivity contribution in [2.75, 3.05) is 79.0 Å². The Bertz CT molecular complexity index is 813. The minimum atomic E-state index is -0.403. The maximum absolute atomic E-state index is 13.4. The minimum absolute atomic E-state index is 0.00766. The van der Waals surface area contributed by atoms with Crippen molar-refractivity contribution in [2.45, 2.75) is 25.0 Å². The predicted molar refractivity (Wildman–Crippen MR) is 121 cm³/mol. The Morgan fingerprint density at radius 2 is 1.79 bits per heavy atom. The second-order valence-corrected chi connectivity index (χ2v) is 9.54. The van der Waals surface area contributed by atoms with Gasteiger partial charge in [0.2, 0.25) is 6.79 Å². The number of fused-ring (bicyclic) bond motifs is 1. The third-order valence-electron chi connectivity index (χ3n) is 6.77. The first-order valence-electron chi connectivity index (χ1n) is 12.1. The molecule has 1 N–H and O–H groups in total. The number of nitrogens with zero attached hydrogens (tertiary/aromatic N) is 3. The van der Waals surface area contributed by atoms with Gasteiger partial charge in [-0.15, -0.1) is 0 Å². The molecule has 0 spiro atoms. The van der Waals surface area contributed by atoms with Crippen molar-refractivity contribution < 1.29 is 28.8 Å². The molecule has 0 radical (unpaired) electrons.